The van der Waals surface area contributed by atoms with Crippen LogP contribution >= 0.6 is 0 Å². The van der Waals surface area contributed by atoms with Gasteiger partial charge in [-0.25, -0.2) is 15.0 Å². The van der Waals surface area contributed by atoms with Gasteiger partial charge in [0.2, 0.25) is 0 Å². The highest BCUT2D eigenvalue weighted by Gasteiger charge is 2.38. The third-order valence-electron chi connectivity index (χ3n) is 10.0. The second-order valence-electron chi connectivity index (χ2n) is 13.0. The van der Waals surface area contributed by atoms with Crippen LogP contribution < -0.4 is 15.4 Å². The molecule has 2 atom stereocenters. The molecular formula is C45H31N3O2. The van der Waals surface area contributed by atoms with Crippen LogP contribution in [0.15, 0.2) is 156 Å². The highest BCUT2D eigenvalue weighted by molar-refractivity contribution is 5.86. The van der Waals surface area contributed by atoms with Crippen molar-refractivity contribution < 1.29 is 9.15 Å². The third-order valence-corrected chi connectivity index (χ3v) is 10.0. The van der Waals surface area contributed by atoms with E-state index in [1.807, 2.05) is 66.7 Å². The zero-order valence-corrected chi connectivity index (χ0v) is 27.2. The molecule has 10 rings (SSSR count). The van der Waals surface area contributed by atoms with Gasteiger partial charge in [-0.1, -0.05) is 133 Å². The smallest absolute Gasteiger partial charge is 0.164 e. The number of ether oxygens (including phenoxy) is 1. The average Bonchev–Trinajstić information content (AvgIpc) is 3.76. The Bertz CT molecular complexity index is 2570. The lowest BCUT2D eigenvalue weighted by Gasteiger charge is -2.25. The standard InChI is InChI=1S/C45H31N3O2/c1-4-12-28(13-5-1)31-22-24-33-35-18-10-20-37(41(35)49-39(33)26-31)38-21-11-19-36-34-25-23-32(27-40(34)50-42(36)38)45-47-43(29-14-6-2-7-15-29)46-44(48-45)30-16-8-3-9-17-30/h1-10,12-20,22-27,35,41H,11,21H2. The molecule has 5 nitrogen and oxygen atoms in total. The monoisotopic (exact) mass is 645 g/mol. The Balaban J connectivity index is 1.06. The number of hydrogen-bond donors (Lipinski definition) is 0. The fourth-order valence-corrected chi connectivity index (χ4v) is 7.57. The number of allylic oxidation sites excluding steroid dienone is 2. The zero-order valence-electron chi connectivity index (χ0n) is 27.2. The fraction of sp³-hybridized carbons (Fsp3) is 0.0889. The summed E-state index contributed by atoms with van der Waals surface area (Å²) in [4.78, 5) is 14.8. The molecule has 3 heterocycles. The molecule has 0 bridgehead atoms. The molecule has 1 aliphatic heterocycles. The van der Waals surface area contributed by atoms with Crippen LogP contribution in [0.3, 0.4) is 0 Å². The molecule has 5 aromatic carbocycles. The van der Waals surface area contributed by atoms with E-state index in [9.17, 15) is 0 Å². The molecular weight excluding hydrogens is 615 g/mol. The van der Waals surface area contributed by atoms with Crippen LogP contribution in [0.25, 0.3) is 67.9 Å². The Morgan fingerprint density at radius 2 is 1.24 bits per heavy atom. The van der Waals surface area contributed by atoms with Crippen LogP contribution in [0.1, 0.15) is 24.3 Å². The summed E-state index contributed by atoms with van der Waals surface area (Å²) in [6, 6.07) is 43.5. The van der Waals surface area contributed by atoms with Gasteiger partial charge >= 0.3 is 0 Å². The largest absolute Gasteiger partial charge is 0.484 e. The summed E-state index contributed by atoms with van der Waals surface area (Å²) in [7, 11) is 0. The lowest BCUT2D eigenvalue weighted by atomic mass is 9.82. The van der Waals surface area contributed by atoms with Gasteiger partial charge < -0.3 is 9.15 Å². The van der Waals surface area contributed by atoms with E-state index in [0.29, 0.717) is 17.5 Å². The topological polar surface area (TPSA) is 61.0 Å². The SMILES string of the molecule is C1=CC2c3ccc(-c4ccccc4)cc3OC2C(C2=c3oc4cc(-c5nc(-c6ccccc6)nc(-c6ccccc6)n5)ccc4c3=CCC2)=C1. The van der Waals surface area contributed by atoms with Crippen molar-refractivity contribution in [2.45, 2.75) is 24.9 Å². The molecule has 238 valence electrons. The van der Waals surface area contributed by atoms with Gasteiger partial charge in [-0.3, -0.25) is 0 Å². The summed E-state index contributed by atoms with van der Waals surface area (Å²) >= 11 is 0. The third kappa shape index (κ3) is 4.81. The summed E-state index contributed by atoms with van der Waals surface area (Å²) in [6.45, 7) is 0. The molecule has 50 heavy (non-hydrogen) atoms. The molecule has 5 heteroatoms. The van der Waals surface area contributed by atoms with Gasteiger partial charge in [0.1, 0.15) is 22.9 Å². The average molecular weight is 646 g/mol. The Kier molecular flexibility index (Phi) is 6.69. The van der Waals surface area contributed by atoms with Gasteiger partial charge in [-0.2, -0.15) is 0 Å². The van der Waals surface area contributed by atoms with E-state index in [1.54, 1.807) is 0 Å². The number of fused-ring (bicyclic) bond motifs is 6. The van der Waals surface area contributed by atoms with Crippen molar-refractivity contribution in [1.82, 2.24) is 15.0 Å². The van der Waals surface area contributed by atoms with Crippen molar-refractivity contribution in [3.8, 4) is 51.0 Å². The molecule has 0 N–H and O–H groups in total. The van der Waals surface area contributed by atoms with E-state index < -0.39 is 0 Å². The Hall–Kier alpha value is -6.33. The van der Waals surface area contributed by atoms with Crippen molar-refractivity contribution in [3.63, 3.8) is 0 Å². The molecule has 2 aliphatic carbocycles. The molecule has 0 fully saturated rings. The minimum absolute atomic E-state index is 0.0937. The van der Waals surface area contributed by atoms with Gasteiger partial charge in [0.05, 0.1) is 0 Å². The first-order valence-corrected chi connectivity index (χ1v) is 17.1. The Morgan fingerprint density at radius 1 is 0.600 bits per heavy atom. The molecule has 0 radical (unpaired) electrons. The van der Waals surface area contributed by atoms with E-state index in [-0.39, 0.29) is 12.0 Å². The summed E-state index contributed by atoms with van der Waals surface area (Å²) in [5.41, 5.74) is 10.5. The Labute approximate surface area is 289 Å². The van der Waals surface area contributed by atoms with Crippen molar-refractivity contribution in [1.29, 1.82) is 0 Å². The van der Waals surface area contributed by atoms with E-state index >= 15 is 0 Å². The second kappa shape index (κ2) is 11.7. The number of hydrogen-bond acceptors (Lipinski definition) is 5. The number of furan rings is 1. The summed E-state index contributed by atoms with van der Waals surface area (Å²) in [5, 5.41) is 2.24. The zero-order chi connectivity index (χ0) is 33.0. The van der Waals surface area contributed by atoms with Crippen LogP contribution in [0.4, 0.5) is 0 Å². The predicted octanol–water partition coefficient (Wildman–Crippen LogP) is 9.05. The van der Waals surface area contributed by atoms with E-state index in [1.165, 1.54) is 22.3 Å². The first-order valence-electron chi connectivity index (χ1n) is 17.1. The number of benzene rings is 5. The molecule has 3 aliphatic rings. The normalized spacial score (nSPS) is 17.4. The molecule has 7 aromatic rings. The van der Waals surface area contributed by atoms with E-state index in [4.69, 9.17) is 24.1 Å². The number of aromatic nitrogens is 3. The van der Waals surface area contributed by atoms with Crippen molar-refractivity contribution in [2.24, 2.45) is 0 Å². The minimum atomic E-state index is -0.0937. The van der Waals surface area contributed by atoms with Crippen LogP contribution in [0.2, 0.25) is 0 Å². The molecule has 0 saturated heterocycles. The van der Waals surface area contributed by atoms with Gasteiger partial charge in [0.15, 0.2) is 17.5 Å². The van der Waals surface area contributed by atoms with Crippen LogP contribution in [0, 0.1) is 0 Å². The maximum Gasteiger partial charge on any atom is 0.164 e. The first-order chi connectivity index (χ1) is 24.8. The van der Waals surface area contributed by atoms with Crippen molar-refractivity contribution in [3.05, 3.63) is 167 Å². The van der Waals surface area contributed by atoms with Crippen LogP contribution in [-0.4, -0.2) is 21.1 Å². The highest BCUT2D eigenvalue weighted by Crippen LogP contribution is 2.47. The number of rotatable bonds is 5. The van der Waals surface area contributed by atoms with Crippen LogP contribution in [0.5, 0.6) is 5.75 Å². The Morgan fingerprint density at radius 3 is 1.94 bits per heavy atom. The van der Waals surface area contributed by atoms with Gasteiger partial charge in [-0.05, 0) is 42.2 Å². The lowest BCUT2D eigenvalue weighted by Crippen LogP contribution is -2.31. The molecule has 0 spiro atoms. The van der Waals surface area contributed by atoms with Gasteiger partial charge in [-0.15, -0.1) is 0 Å². The van der Waals surface area contributed by atoms with Gasteiger partial charge in [0, 0.05) is 49.9 Å². The maximum atomic E-state index is 6.79. The molecule has 0 amide bonds. The quantitative estimate of drug-likeness (QED) is 0.187. The van der Waals surface area contributed by atoms with E-state index in [2.05, 4.69) is 85.0 Å². The predicted molar refractivity (Wildman–Crippen MR) is 199 cm³/mol. The number of nitrogens with zero attached hydrogens (tertiary/aromatic N) is 3. The van der Waals surface area contributed by atoms with E-state index in [0.717, 1.165) is 62.4 Å². The summed E-state index contributed by atoms with van der Waals surface area (Å²) < 4.78 is 13.6. The second-order valence-corrected chi connectivity index (χ2v) is 13.0. The van der Waals surface area contributed by atoms with Gasteiger partial charge in [0.25, 0.3) is 0 Å². The first kappa shape index (κ1) is 28.7. The molecule has 0 saturated carbocycles. The van der Waals surface area contributed by atoms with Crippen molar-refractivity contribution >= 4 is 22.6 Å². The minimum Gasteiger partial charge on any atom is -0.484 e. The molecule has 2 aromatic heterocycles. The highest BCUT2D eigenvalue weighted by atomic mass is 16.5. The summed E-state index contributed by atoms with van der Waals surface area (Å²) in [6.07, 6.45) is 10.7. The molecule has 2 unspecified atom stereocenters. The van der Waals surface area contributed by atoms with Crippen molar-refractivity contribution in [2.75, 3.05) is 0 Å². The fourth-order valence-electron chi connectivity index (χ4n) is 7.57. The lowest BCUT2D eigenvalue weighted by molar-refractivity contribution is 0.260. The van der Waals surface area contributed by atoms with Crippen LogP contribution in [-0.2, 0) is 0 Å². The summed E-state index contributed by atoms with van der Waals surface area (Å²) in [5.74, 6) is 3.00. The maximum absolute atomic E-state index is 6.79.